The third kappa shape index (κ3) is 17.7. The zero-order chi connectivity index (χ0) is 50.0. The topological polar surface area (TPSA) is 333 Å². The summed E-state index contributed by atoms with van der Waals surface area (Å²) in [5, 5.41) is 44.0. The van der Waals surface area contributed by atoms with Gasteiger partial charge >= 0.3 is 17.9 Å². The molecule has 0 unspecified atom stereocenters. The number of carboxylic acid groups (broad SMARTS) is 3. The second-order valence-electron chi connectivity index (χ2n) is 18.0. The number of nitrogens with one attached hydrogen (secondary N) is 6. The number of nitrogens with two attached hydrogens (primary N) is 1. The molecule has 1 fully saturated rings. The number of likely N-dealkylation sites (tertiary alicyclic amines) is 1. The summed E-state index contributed by atoms with van der Waals surface area (Å²) in [7, 11) is 0. The SMILES string of the molecule is CC[C@H](C)[C@H](NC(=O)[C@@H](N)CC(=O)O)C(=O)N[C@@H](Cc1ccccc1)C(=O)N[C@@H](CC(C)C)C(=O)N[C@@H](CCC(=O)O)C(=O)N[C@H](C(=O)N[C@H](C(=O)N1CCC[C@H]1C(=O)O)C(C)C)C(C)C. The minimum Gasteiger partial charge on any atom is -0.481 e. The molecule has 66 heavy (non-hydrogen) atoms. The van der Waals surface area contributed by atoms with Crippen molar-refractivity contribution in [3.05, 3.63) is 35.9 Å². The van der Waals surface area contributed by atoms with Crippen molar-refractivity contribution in [1.29, 1.82) is 0 Å². The Kier molecular flexibility index (Phi) is 22.7. The van der Waals surface area contributed by atoms with Crippen molar-refractivity contribution < 1.29 is 63.3 Å². The first-order valence-electron chi connectivity index (χ1n) is 22.5. The Morgan fingerprint density at radius 3 is 1.70 bits per heavy atom. The summed E-state index contributed by atoms with van der Waals surface area (Å²) in [6.07, 6.45) is -0.629. The monoisotopic (exact) mass is 931 g/mol. The summed E-state index contributed by atoms with van der Waals surface area (Å²) < 4.78 is 0. The minimum absolute atomic E-state index is 0.0191. The number of aliphatic carboxylic acids is 3. The highest BCUT2D eigenvalue weighted by atomic mass is 16.4. The van der Waals surface area contributed by atoms with Crippen LogP contribution in [0.3, 0.4) is 0 Å². The fraction of sp³-hybridized carbons (Fsp3) is 0.644. The van der Waals surface area contributed by atoms with Crippen LogP contribution in [-0.4, -0.2) is 134 Å². The number of nitrogens with zero attached hydrogens (tertiary/aromatic N) is 1. The van der Waals surface area contributed by atoms with E-state index in [1.165, 1.54) is 4.90 Å². The molecule has 1 saturated heterocycles. The second kappa shape index (κ2) is 26.7. The zero-order valence-electron chi connectivity index (χ0n) is 39.1. The average molecular weight is 931 g/mol. The average Bonchev–Trinajstić information content (AvgIpc) is 3.74. The van der Waals surface area contributed by atoms with Crippen molar-refractivity contribution in [2.75, 3.05) is 6.54 Å². The van der Waals surface area contributed by atoms with Gasteiger partial charge in [-0.15, -0.1) is 0 Å². The van der Waals surface area contributed by atoms with Gasteiger partial charge in [0.15, 0.2) is 0 Å². The molecule has 2 rings (SSSR count). The van der Waals surface area contributed by atoms with E-state index in [0.717, 1.165) is 0 Å². The molecule has 1 aliphatic rings. The first kappa shape index (κ1) is 56.0. The van der Waals surface area contributed by atoms with Crippen LogP contribution in [0.2, 0.25) is 0 Å². The summed E-state index contributed by atoms with van der Waals surface area (Å²) in [6.45, 7) is 13.7. The van der Waals surface area contributed by atoms with Crippen LogP contribution in [0.1, 0.15) is 106 Å². The van der Waals surface area contributed by atoms with Gasteiger partial charge < -0.3 is 57.9 Å². The molecule has 0 saturated carbocycles. The maximum atomic E-state index is 14.2. The Balaban J connectivity index is 2.41. The van der Waals surface area contributed by atoms with E-state index in [2.05, 4.69) is 31.9 Å². The molecule has 0 spiro atoms. The number of hydrogen-bond acceptors (Lipinski definition) is 11. The molecule has 1 aromatic carbocycles. The van der Waals surface area contributed by atoms with Gasteiger partial charge in [0.2, 0.25) is 41.4 Å². The van der Waals surface area contributed by atoms with Crippen molar-refractivity contribution in [2.24, 2.45) is 29.4 Å². The van der Waals surface area contributed by atoms with E-state index in [-0.39, 0.29) is 31.7 Å². The number of amides is 7. The molecular formula is C45H70N8O13. The van der Waals surface area contributed by atoms with Crippen LogP contribution in [0.4, 0.5) is 0 Å². The van der Waals surface area contributed by atoms with Gasteiger partial charge in [-0.25, -0.2) is 4.79 Å². The lowest BCUT2D eigenvalue weighted by atomic mass is 9.96. The Labute approximate surface area is 385 Å². The highest BCUT2D eigenvalue weighted by Gasteiger charge is 2.40. The summed E-state index contributed by atoms with van der Waals surface area (Å²) in [4.78, 5) is 132. The largest absolute Gasteiger partial charge is 0.481 e. The van der Waals surface area contributed by atoms with E-state index in [9.17, 15) is 58.2 Å². The Hall–Kier alpha value is -6.12. The summed E-state index contributed by atoms with van der Waals surface area (Å²) in [6, 6.07) is -1.79. The van der Waals surface area contributed by atoms with Crippen LogP contribution in [0.15, 0.2) is 30.3 Å². The number of carbonyl (C=O) groups excluding carboxylic acids is 7. The molecule has 21 heteroatoms. The van der Waals surface area contributed by atoms with Crippen molar-refractivity contribution in [1.82, 2.24) is 36.8 Å². The molecule has 1 heterocycles. The van der Waals surface area contributed by atoms with Crippen LogP contribution in [0.25, 0.3) is 0 Å². The maximum absolute atomic E-state index is 14.2. The molecule has 11 N–H and O–H groups in total. The molecule has 368 valence electrons. The molecular weight excluding hydrogens is 861 g/mol. The molecule has 9 atom stereocenters. The molecule has 7 amide bonds. The Bertz CT molecular complexity index is 1880. The summed E-state index contributed by atoms with van der Waals surface area (Å²) in [5.41, 5.74) is 6.38. The molecule has 21 nitrogen and oxygen atoms in total. The number of carbonyl (C=O) groups is 10. The van der Waals surface area contributed by atoms with E-state index in [0.29, 0.717) is 18.4 Å². The van der Waals surface area contributed by atoms with Crippen LogP contribution in [0, 0.1) is 23.7 Å². The van der Waals surface area contributed by atoms with Gasteiger partial charge in [0.05, 0.1) is 12.5 Å². The molecule has 0 aromatic heterocycles. The highest BCUT2D eigenvalue weighted by molar-refractivity contribution is 5.98. The normalized spacial score (nSPS) is 17.3. The fourth-order valence-electron chi connectivity index (χ4n) is 7.36. The Morgan fingerprint density at radius 2 is 1.17 bits per heavy atom. The van der Waals surface area contributed by atoms with Crippen molar-refractivity contribution in [3.8, 4) is 0 Å². The van der Waals surface area contributed by atoms with E-state index in [1.807, 2.05) is 0 Å². The van der Waals surface area contributed by atoms with Gasteiger partial charge in [-0.3, -0.25) is 43.2 Å². The highest BCUT2D eigenvalue weighted by Crippen LogP contribution is 2.21. The lowest BCUT2D eigenvalue weighted by Crippen LogP contribution is -2.61. The first-order valence-corrected chi connectivity index (χ1v) is 22.5. The molecule has 0 bridgehead atoms. The zero-order valence-corrected chi connectivity index (χ0v) is 39.1. The van der Waals surface area contributed by atoms with Crippen LogP contribution < -0.4 is 37.6 Å². The van der Waals surface area contributed by atoms with E-state index < -0.39 is 145 Å². The number of carboxylic acids is 3. The third-order valence-electron chi connectivity index (χ3n) is 11.4. The van der Waals surface area contributed by atoms with Gasteiger partial charge in [-0.05, 0) is 54.9 Å². The standard InChI is InChI=1S/C45H70N8O13/c1-9-26(8)37(52-38(58)28(46)22-34(56)57)43(63)49-31(21-27-14-11-10-12-15-27)41(61)48-30(20-23(2)3)40(60)47-29(17-18-33(54)55)39(59)50-35(24(4)5)42(62)51-36(25(6)7)44(64)53-19-13-16-32(53)45(65)66/h10-12,14-15,23-26,28-32,35-37H,9,13,16-22,46H2,1-8H3,(H,47,60)(H,48,61)(H,49,63)(H,50,59)(H,51,62)(H,52,58)(H,54,55)(H,56,57)(H,65,66)/t26-,28-,29-,30-,31-,32-,35-,36-,37-/m0/s1. The molecule has 1 aromatic rings. The van der Waals surface area contributed by atoms with E-state index in [1.54, 1.807) is 85.7 Å². The smallest absolute Gasteiger partial charge is 0.326 e. The lowest BCUT2D eigenvalue weighted by Gasteiger charge is -2.32. The maximum Gasteiger partial charge on any atom is 0.326 e. The van der Waals surface area contributed by atoms with Gasteiger partial charge in [0.1, 0.15) is 42.3 Å². The van der Waals surface area contributed by atoms with Gasteiger partial charge in [-0.2, -0.15) is 0 Å². The predicted octanol–water partition coefficient (Wildman–Crippen LogP) is 0.285. The predicted molar refractivity (Wildman–Crippen MR) is 240 cm³/mol. The van der Waals surface area contributed by atoms with Crippen molar-refractivity contribution in [2.45, 2.75) is 155 Å². The minimum atomic E-state index is -1.54. The van der Waals surface area contributed by atoms with E-state index >= 15 is 0 Å². The van der Waals surface area contributed by atoms with Gasteiger partial charge in [0.25, 0.3) is 0 Å². The van der Waals surface area contributed by atoms with Crippen molar-refractivity contribution >= 4 is 59.3 Å². The molecule has 0 aliphatic carbocycles. The number of benzene rings is 1. The Morgan fingerprint density at radius 1 is 0.652 bits per heavy atom. The quantitative estimate of drug-likeness (QED) is 0.0567. The lowest BCUT2D eigenvalue weighted by molar-refractivity contribution is -0.150. The second-order valence-corrected chi connectivity index (χ2v) is 18.0. The fourth-order valence-corrected chi connectivity index (χ4v) is 7.36. The van der Waals surface area contributed by atoms with Crippen LogP contribution >= 0.6 is 0 Å². The van der Waals surface area contributed by atoms with E-state index in [4.69, 9.17) is 10.8 Å². The van der Waals surface area contributed by atoms with Crippen LogP contribution in [-0.2, 0) is 54.4 Å². The number of hydrogen-bond donors (Lipinski definition) is 10. The summed E-state index contributed by atoms with van der Waals surface area (Å²) >= 11 is 0. The summed E-state index contributed by atoms with van der Waals surface area (Å²) in [5.74, 6) is -11.2. The third-order valence-corrected chi connectivity index (χ3v) is 11.4. The van der Waals surface area contributed by atoms with Crippen LogP contribution in [0.5, 0.6) is 0 Å². The van der Waals surface area contributed by atoms with Crippen molar-refractivity contribution in [3.63, 3.8) is 0 Å². The molecule has 0 radical (unpaired) electrons. The number of rotatable bonds is 27. The van der Waals surface area contributed by atoms with Gasteiger partial charge in [-0.1, -0.05) is 92.1 Å². The van der Waals surface area contributed by atoms with Gasteiger partial charge in [0, 0.05) is 19.4 Å². The molecule has 1 aliphatic heterocycles. The first-order chi connectivity index (χ1) is 30.9.